The van der Waals surface area contributed by atoms with Crippen LogP contribution in [0.15, 0.2) is 28.7 Å². The number of fused-ring (bicyclic) bond motifs is 1. The molecule has 1 N–H and O–H groups in total. The monoisotopic (exact) mass is 335 g/mol. The molecular weight excluding hydrogens is 318 g/mol. The fourth-order valence-corrected chi connectivity index (χ4v) is 4.28. The van der Waals surface area contributed by atoms with Crippen LogP contribution in [0.25, 0.3) is 0 Å². The molecule has 1 aliphatic carbocycles. The van der Waals surface area contributed by atoms with E-state index in [0.29, 0.717) is 0 Å². The Labute approximate surface area is 127 Å². The van der Waals surface area contributed by atoms with Crippen LogP contribution < -0.4 is 5.32 Å². The minimum atomic E-state index is 0.924. The average molecular weight is 336 g/mol. The number of thiophene rings is 1. The van der Waals surface area contributed by atoms with Crippen molar-refractivity contribution in [2.45, 2.75) is 39.2 Å². The molecule has 0 saturated heterocycles. The summed E-state index contributed by atoms with van der Waals surface area (Å²) in [6.07, 6.45) is 5.14. The summed E-state index contributed by atoms with van der Waals surface area (Å²) in [5.41, 5.74) is 4.42. The summed E-state index contributed by atoms with van der Waals surface area (Å²) >= 11 is 5.45. The highest BCUT2D eigenvalue weighted by Gasteiger charge is 2.12. The highest BCUT2D eigenvalue weighted by atomic mass is 79.9. The van der Waals surface area contributed by atoms with Crippen LogP contribution in [0.1, 0.15) is 33.7 Å². The van der Waals surface area contributed by atoms with Gasteiger partial charge in [0.2, 0.25) is 0 Å². The van der Waals surface area contributed by atoms with Gasteiger partial charge in [-0.2, -0.15) is 0 Å². The lowest BCUT2D eigenvalue weighted by atomic mass is 9.90. The molecule has 19 heavy (non-hydrogen) atoms. The second-order valence-corrected chi connectivity index (χ2v) is 7.32. The Balaban J connectivity index is 1.76. The molecule has 100 valence electrons. The molecule has 0 radical (unpaired) electrons. The molecule has 1 aliphatic rings. The van der Waals surface area contributed by atoms with E-state index in [9.17, 15) is 0 Å². The zero-order chi connectivity index (χ0) is 13.2. The molecule has 0 unspecified atom stereocenters. The fraction of sp³-hybridized carbons (Fsp3) is 0.375. The number of rotatable bonds is 3. The Morgan fingerprint density at radius 2 is 2.11 bits per heavy atom. The Kier molecular flexibility index (Phi) is 3.94. The van der Waals surface area contributed by atoms with Gasteiger partial charge in [0.15, 0.2) is 0 Å². The van der Waals surface area contributed by atoms with Crippen LogP contribution in [0.4, 0.5) is 5.69 Å². The van der Waals surface area contributed by atoms with E-state index in [4.69, 9.17) is 0 Å². The molecule has 3 rings (SSSR count). The summed E-state index contributed by atoms with van der Waals surface area (Å²) in [4.78, 5) is 2.74. The van der Waals surface area contributed by atoms with Gasteiger partial charge in [0.1, 0.15) is 0 Å². The number of nitrogens with one attached hydrogen (secondary N) is 1. The van der Waals surface area contributed by atoms with Crippen molar-refractivity contribution >= 4 is 33.0 Å². The predicted octanol–water partition coefficient (Wildman–Crippen LogP) is 5.31. The molecule has 0 saturated carbocycles. The minimum absolute atomic E-state index is 0.924. The van der Waals surface area contributed by atoms with E-state index in [1.165, 1.54) is 45.6 Å². The maximum absolute atomic E-state index is 3.62. The van der Waals surface area contributed by atoms with Crippen LogP contribution in [0.2, 0.25) is 0 Å². The van der Waals surface area contributed by atoms with Gasteiger partial charge in [-0.1, -0.05) is 12.1 Å². The van der Waals surface area contributed by atoms with Gasteiger partial charge >= 0.3 is 0 Å². The molecule has 0 fully saturated rings. The second-order valence-electron chi connectivity index (χ2n) is 5.12. The van der Waals surface area contributed by atoms with E-state index in [1.807, 2.05) is 11.3 Å². The third-order valence-corrected chi connectivity index (χ3v) is 5.89. The second kappa shape index (κ2) is 5.68. The number of halogens is 1. The lowest BCUT2D eigenvalue weighted by Crippen LogP contribution is -2.08. The standard InChI is InChI=1S/C16H18BrNS/c1-11-15(17)9-13(19-11)10-18-16-8-4-6-12-5-2-3-7-14(12)16/h4,6,8-9,18H,2-3,5,7,10H2,1H3. The molecule has 0 bridgehead atoms. The highest BCUT2D eigenvalue weighted by Crippen LogP contribution is 2.30. The molecule has 0 spiro atoms. The molecule has 2 aromatic rings. The number of hydrogen-bond donors (Lipinski definition) is 1. The van der Waals surface area contributed by atoms with Crippen molar-refractivity contribution in [1.82, 2.24) is 0 Å². The molecule has 0 amide bonds. The molecule has 1 aromatic heterocycles. The SMILES string of the molecule is Cc1sc(CNc2cccc3c2CCCC3)cc1Br. The van der Waals surface area contributed by atoms with E-state index >= 15 is 0 Å². The average Bonchev–Trinajstić information content (AvgIpc) is 2.75. The molecule has 0 atom stereocenters. The quantitative estimate of drug-likeness (QED) is 0.801. The summed E-state index contributed by atoms with van der Waals surface area (Å²) in [5, 5.41) is 3.62. The number of aryl methyl sites for hydroxylation is 2. The minimum Gasteiger partial charge on any atom is -0.380 e. The third-order valence-electron chi connectivity index (χ3n) is 3.76. The van der Waals surface area contributed by atoms with E-state index in [1.54, 1.807) is 11.1 Å². The molecular formula is C16H18BrNS. The Hall–Kier alpha value is -0.800. The maximum atomic E-state index is 3.62. The van der Waals surface area contributed by atoms with Crippen molar-refractivity contribution in [2.24, 2.45) is 0 Å². The summed E-state index contributed by atoms with van der Waals surface area (Å²) in [5.74, 6) is 0. The number of hydrogen-bond acceptors (Lipinski definition) is 2. The van der Waals surface area contributed by atoms with Crippen molar-refractivity contribution in [1.29, 1.82) is 0 Å². The summed E-state index contributed by atoms with van der Waals surface area (Å²) in [6, 6.07) is 8.91. The zero-order valence-electron chi connectivity index (χ0n) is 11.1. The van der Waals surface area contributed by atoms with Gasteiger partial charge in [0.25, 0.3) is 0 Å². The van der Waals surface area contributed by atoms with Gasteiger partial charge in [-0.25, -0.2) is 0 Å². The molecule has 0 aliphatic heterocycles. The van der Waals surface area contributed by atoms with Gasteiger partial charge in [-0.3, -0.25) is 0 Å². The molecule has 3 heteroatoms. The molecule has 1 heterocycles. The van der Waals surface area contributed by atoms with E-state index in [-0.39, 0.29) is 0 Å². The van der Waals surface area contributed by atoms with E-state index < -0.39 is 0 Å². The van der Waals surface area contributed by atoms with Gasteiger partial charge < -0.3 is 5.32 Å². The third kappa shape index (κ3) is 2.87. The zero-order valence-corrected chi connectivity index (χ0v) is 13.5. The highest BCUT2D eigenvalue weighted by molar-refractivity contribution is 9.10. The topological polar surface area (TPSA) is 12.0 Å². The Morgan fingerprint density at radius 1 is 1.26 bits per heavy atom. The summed E-state index contributed by atoms with van der Waals surface area (Å²) in [6.45, 7) is 3.08. The molecule has 1 nitrogen and oxygen atoms in total. The van der Waals surface area contributed by atoms with Crippen LogP contribution in [-0.4, -0.2) is 0 Å². The van der Waals surface area contributed by atoms with Crippen molar-refractivity contribution in [3.8, 4) is 0 Å². The first-order valence-corrected chi connectivity index (χ1v) is 8.44. The van der Waals surface area contributed by atoms with Gasteiger partial charge in [-0.05, 0) is 71.8 Å². The normalized spacial score (nSPS) is 14.2. The fourth-order valence-electron chi connectivity index (χ4n) is 2.73. The van der Waals surface area contributed by atoms with Crippen LogP contribution >= 0.6 is 27.3 Å². The first-order chi connectivity index (χ1) is 9.24. The number of benzene rings is 1. The van der Waals surface area contributed by atoms with Crippen molar-refractivity contribution in [3.63, 3.8) is 0 Å². The van der Waals surface area contributed by atoms with E-state index in [2.05, 4.69) is 52.4 Å². The lowest BCUT2D eigenvalue weighted by molar-refractivity contribution is 0.686. The van der Waals surface area contributed by atoms with Crippen molar-refractivity contribution < 1.29 is 0 Å². The smallest absolute Gasteiger partial charge is 0.0494 e. The van der Waals surface area contributed by atoms with Gasteiger partial charge in [0.05, 0.1) is 0 Å². The van der Waals surface area contributed by atoms with Crippen LogP contribution in [0.5, 0.6) is 0 Å². The Morgan fingerprint density at radius 3 is 2.89 bits per heavy atom. The van der Waals surface area contributed by atoms with Crippen molar-refractivity contribution in [2.75, 3.05) is 5.32 Å². The summed E-state index contributed by atoms with van der Waals surface area (Å²) in [7, 11) is 0. The van der Waals surface area contributed by atoms with Crippen LogP contribution in [0, 0.1) is 6.92 Å². The predicted molar refractivity (Wildman–Crippen MR) is 87.2 cm³/mol. The first kappa shape index (κ1) is 13.2. The largest absolute Gasteiger partial charge is 0.380 e. The Bertz CT molecular complexity index is 569. The van der Waals surface area contributed by atoms with Gasteiger partial charge in [-0.15, -0.1) is 11.3 Å². The summed E-state index contributed by atoms with van der Waals surface area (Å²) < 4.78 is 1.23. The van der Waals surface area contributed by atoms with Crippen LogP contribution in [0.3, 0.4) is 0 Å². The first-order valence-electron chi connectivity index (χ1n) is 6.83. The molecule has 1 aromatic carbocycles. The van der Waals surface area contributed by atoms with Crippen molar-refractivity contribution in [3.05, 3.63) is 49.6 Å². The van der Waals surface area contributed by atoms with Gasteiger partial charge in [0, 0.05) is 26.5 Å². The lowest BCUT2D eigenvalue weighted by Gasteiger charge is -2.19. The number of anilines is 1. The van der Waals surface area contributed by atoms with E-state index in [0.717, 1.165) is 6.54 Å². The maximum Gasteiger partial charge on any atom is 0.0494 e. The van der Waals surface area contributed by atoms with Crippen LogP contribution in [-0.2, 0) is 19.4 Å².